The van der Waals surface area contributed by atoms with Crippen LogP contribution in [0.4, 0.5) is 26.4 Å². The molecule has 9 rings (SSSR count). The molecule has 38 heteroatoms. The van der Waals surface area contributed by atoms with E-state index >= 15 is 4.39 Å². The van der Waals surface area contributed by atoms with Crippen LogP contribution in [0, 0.1) is 54.8 Å². The molecule has 2 unspecified atom stereocenters. The first-order chi connectivity index (χ1) is 43.1. The van der Waals surface area contributed by atoms with Crippen LogP contribution < -0.4 is 40.2 Å². The van der Waals surface area contributed by atoms with Gasteiger partial charge >= 0.3 is 27.4 Å². The van der Waals surface area contributed by atoms with Crippen molar-refractivity contribution in [3.63, 3.8) is 0 Å². The molecule has 7 aromatic rings. The van der Waals surface area contributed by atoms with E-state index < -0.39 is 112 Å². The summed E-state index contributed by atoms with van der Waals surface area (Å²) in [5.74, 6) is -0.849. The maximum atomic E-state index is 15.9. The van der Waals surface area contributed by atoms with Crippen molar-refractivity contribution in [1.29, 1.82) is 0 Å². The van der Waals surface area contributed by atoms with E-state index in [0.29, 0.717) is 10.6 Å². The number of hydrogen-bond donors (Lipinski definition) is 8. The first kappa shape index (κ1) is 79.8. The van der Waals surface area contributed by atoms with Gasteiger partial charge in [0.25, 0.3) is 5.69 Å². The van der Waals surface area contributed by atoms with E-state index in [1.807, 2.05) is 0 Å². The van der Waals surface area contributed by atoms with Crippen molar-refractivity contribution in [3.05, 3.63) is 112 Å². The number of ether oxygens (including phenoxy) is 6. The van der Waals surface area contributed by atoms with Crippen LogP contribution in [0.5, 0.6) is 23.3 Å². The molecule has 2 saturated heterocycles. The SMILES string of the molecule is C.CC(C)OC(=O)[C@H](C)NP(=O)(O)Oc1ccccc1.COc1nc(N)nc2c1ncn2[C@@H]1O[C@H](CO)[C@@H](O)[C@@]1(C)F.COc1nc(N)nc2c1ncn2[C@@H]1O[C@H](COP(=O)(N[C@@H](C)C(=O)OC(C)C)Oc2ccccc2)[C@@H](O)[C@@]1(C)F.Cc1ccc(Cl)cc1[N+](=O)[O-].[Ar]. The summed E-state index contributed by atoms with van der Waals surface area (Å²) in [4.78, 5) is 67.6. The number of aryl methyl sites for hydroxylation is 1. The van der Waals surface area contributed by atoms with Gasteiger partial charge in [-0.25, -0.2) is 27.9 Å². The molecule has 0 amide bonds. The number of esters is 2. The van der Waals surface area contributed by atoms with Gasteiger partial charge in [-0.05, 0) is 92.6 Å². The van der Waals surface area contributed by atoms with Crippen LogP contribution in [-0.4, -0.2) is 164 Å². The average Bonchev–Trinajstić information content (AvgIpc) is 1.60. The maximum absolute atomic E-state index is 15.9. The predicted molar refractivity (Wildman–Crippen MR) is 333 cm³/mol. The second-order valence-corrected chi connectivity index (χ2v) is 24.9. The number of halogens is 3. The summed E-state index contributed by atoms with van der Waals surface area (Å²) in [7, 11) is -5.64. The van der Waals surface area contributed by atoms with Crippen LogP contribution in [0.25, 0.3) is 22.3 Å². The number of rotatable bonds is 21. The van der Waals surface area contributed by atoms with Crippen molar-refractivity contribution in [2.75, 3.05) is 38.9 Å². The number of nitrogens with two attached hydrogens (primary N) is 2. The van der Waals surface area contributed by atoms with Gasteiger partial charge in [0.15, 0.2) is 46.1 Å². The van der Waals surface area contributed by atoms with Crippen molar-refractivity contribution in [3.8, 4) is 23.3 Å². The molecule has 0 radical (unpaired) electrons. The Morgan fingerprint density at radius 1 is 0.745 bits per heavy atom. The number of para-hydroxylation sites is 2. The normalized spacial score (nSPS) is 22.4. The zero-order valence-electron chi connectivity index (χ0n) is 51.8. The molecular formula is C56H76ArClF2N13O19P2. The second-order valence-electron chi connectivity index (χ2n) is 21.2. The van der Waals surface area contributed by atoms with Crippen LogP contribution in [0.3, 0.4) is 0 Å². The maximum Gasteiger partial charge on any atom is 0.459 e. The number of nitro benzene ring substituents is 1. The Bertz CT molecular complexity index is 3760. The number of methoxy groups -OCH3 is 2. The Hall–Kier alpha value is -6.59. The fourth-order valence-electron chi connectivity index (χ4n) is 8.72. The minimum absolute atomic E-state index is 0. The molecule has 94 heavy (non-hydrogen) atoms. The van der Waals surface area contributed by atoms with E-state index in [2.05, 4.69) is 40.1 Å². The number of anilines is 2. The quantitative estimate of drug-likeness (QED) is 0.0152. The number of carbonyl (C=O) groups is 2. The Labute approximate surface area is 573 Å². The first-order valence-electron chi connectivity index (χ1n) is 27.8. The number of nitrogens with zero attached hydrogens (tertiary/aromatic N) is 9. The second kappa shape index (κ2) is 34.4. The number of imidazole rings is 2. The summed E-state index contributed by atoms with van der Waals surface area (Å²) < 4.78 is 107. The number of aliphatic hydroxyl groups is 3. The Morgan fingerprint density at radius 3 is 1.57 bits per heavy atom. The molecule has 0 saturated carbocycles. The fraction of sp³-hybridized carbons (Fsp3) is 0.464. The Morgan fingerprint density at radius 2 is 1.17 bits per heavy atom. The fourth-order valence-corrected chi connectivity index (χ4v) is 11.4. The molecule has 0 spiro atoms. The minimum atomic E-state index is -4.29. The number of aromatic nitrogens is 8. The molecule has 0 aliphatic carbocycles. The standard InChI is InChI=1S/C24H32FN6O8P.C12H16FN5O4.C12H18NO5P.C7H6ClNO2.CH4.Ar/c1-13(2)37-21(33)14(3)30-40(34,39-15-9-7-6-8-10-15)36-11-16-18(32)24(4,25)22(38-16)31-12-27-17-19(31)28-23(26)29-20(17)35-5;1-12(13)7(20)5(3-19)22-10(12)18-4-15-6-8(18)16-11(14)17-9(6)21-2;1-9(2)17-12(14)10(3)13-19(15,16)18-11-7-5-4-6-8-11;1-5-2-3-6(8)4-7(5)9(10)11;;/h6-10,12-14,16,18,22,32H,11H2,1-5H3,(H,30,34)(H2,26,28,29);4-5,7,10,19-20H,3H2,1-2H3,(H2,14,16,17);4-10H,1-3H3,(H2,13,15,16);2-4H,1H3;1H4;/t14-,16+,18+,22+,24+,40?;5-,7-,10-,12-;10-;;;/m010.../s1. The summed E-state index contributed by atoms with van der Waals surface area (Å²) in [5, 5.41) is 45.4. The first-order valence-corrected chi connectivity index (χ1v) is 31.3. The van der Waals surface area contributed by atoms with E-state index in [9.17, 15) is 53.4 Å². The zero-order valence-corrected chi connectivity index (χ0v) is 55.1. The van der Waals surface area contributed by atoms with E-state index in [0.717, 1.165) is 6.92 Å². The van der Waals surface area contributed by atoms with Crippen LogP contribution in [0.15, 0.2) is 91.5 Å². The van der Waals surface area contributed by atoms with Gasteiger partial charge in [0, 0.05) is 54.4 Å². The van der Waals surface area contributed by atoms with Gasteiger partial charge in [-0.3, -0.25) is 33.4 Å². The third-order valence-electron chi connectivity index (χ3n) is 13.2. The number of carbonyl (C=O) groups excluding carboxylic acids is 2. The number of nitrogen functional groups attached to an aromatic ring is 2. The van der Waals surface area contributed by atoms with E-state index in [1.54, 1.807) is 95.3 Å². The molecule has 6 heterocycles. The van der Waals surface area contributed by atoms with Gasteiger partial charge in [0.1, 0.15) is 48.0 Å². The number of nitrogens with one attached hydrogen (secondary N) is 2. The molecule has 4 aromatic heterocycles. The summed E-state index contributed by atoms with van der Waals surface area (Å²) in [6.45, 7) is 12.5. The number of nitro groups is 1. The van der Waals surface area contributed by atoms with Crippen LogP contribution in [0.1, 0.15) is 80.8 Å². The molecule has 2 fully saturated rings. The number of benzene rings is 3. The van der Waals surface area contributed by atoms with Gasteiger partial charge in [0.2, 0.25) is 23.7 Å². The van der Waals surface area contributed by atoms with Crippen LogP contribution in [-0.2, 0) is 42.2 Å². The topological polar surface area (TPSA) is 439 Å². The molecule has 10 N–H and O–H groups in total. The van der Waals surface area contributed by atoms with Gasteiger partial charge in [-0.15, -0.1) is 0 Å². The Kier molecular flexibility index (Phi) is 29.2. The van der Waals surface area contributed by atoms with E-state index in [-0.39, 0.29) is 114 Å². The van der Waals surface area contributed by atoms with Crippen molar-refractivity contribution < 1.29 is 132 Å². The number of alkyl halides is 2. The molecule has 518 valence electrons. The Balaban J connectivity index is 0.000000294. The van der Waals surface area contributed by atoms with Crippen molar-refractivity contribution in [2.24, 2.45) is 0 Å². The molecule has 2 aliphatic heterocycles. The van der Waals surface area contributed by atoms with E-state index in [1.165, 1.54) is 75.0 Å². The smallest absolute Gasteiger partial charge is 0.459 e. The van der Waals surface area contributed by atoms with E-state index in [4.69, 9.17) is 65.1 Å². The van der Waals surface area contributed by atoms with Crippen molar-refractivity contribution in [2.45, 2.75) is 142 Å². The third-order valence-corrected chi connectivity index (χ3v) is 16.2. The molecule has 32 nitrogen and oxygen atoms in total. The largest absolute Gasteiger partial charge is 0.479 e. The molecular weight excluding hydrogens is 1330 g/mol. The average molecular weight is 1410 g/mol. The molecule has 2 aliphatic rings. The number of aliphatic hydroxyl groups excluding tert-OH is 3. The minimum Gasteiger partial charge on any atom is -0.479 e. The molecule has 3 aromatic carbocycles. The molecule has 12 atom stereocenters. The summed E-state index contributed by atoms with van der Waals surface area (Å²) in [6.07, 6.45) is -6.36. The van der Waals surface area contributed by atoms with Crippen molar-refractivity contribution >= 4 is 78.9 Å². The number of hydrogen-bond acceptors (Lipinski definition) is 26. The van der Waals surface area contributed by atoms with Gasteiger partial charge in [-0.2, -0.15) is 30.1 Å². The monoisotopic (exact) mass is 1410 g/mol. The van der Waals surface area contributed by atoms with Gasteiger partial charge in [-0.1, -0.05) is 61.5 Å². The van der Waals surface area contributed by atoms with Crippen LogP contribution in [0.2, 0.25) is 5.02 Å². The molecule has 0 bridgehead atoms. The number of fused-ring (bicyclic) bond motifs is 2. The van der Waals surface area contributed by atoms with Crippen molar-refractivity contribution in [1.82, 2.24) is 49.2 Å². The predicted octanol–water partition coefficient (Wildman–Crippen LogP) is 7.22. The van der Waals surface area contributed by atoms with Gasteiger partial charge < -0.3 is 69.1 Å². The summed E-state index contributed by atoms with van der Waals surface area (Å²) >= 11 is 5.56. The van der Waals surface area contributed by atoms with Gasteiger partial charge in [0.05, 0.1) is 57.2 Å². The zero-order chi connectivity index (χ0) is 68.2. The summed E-state index contributed by atoms with van der Waals surface area (Å²) in [6, 6.07) is 18.9. The summed E-state index contributed by atoms with van der Waals surface area (Å²) in [5.41, 5.74) is 8.37. The van der Waals surface area contributed by atoms with Crippen LogP contribution >= 0.6 is 27.1 Å². The third kappa shape index (κ3) is 20.5.